The Morgan fingerprint density at radius 3 is 1.56 bits per heavy atom. The van der Waals surface area contributed by atoms with Crippen LogP contribution >= 0.6 is 0 Å². The van der Waals surface area contributed by atoms with Gasteiger partial charge in [-0.3, -0.25) is 28.8 Å². The molecule has 2 aliphatic carbocycles. The molecule has 0 aromatic rings. The van der Waals surface area contributed by atoms with Crippen molar-refractivity contribution in [1.82, 2.24) is 31.1 Å². The fourth-order valence-corrected chi connectivity index (χ4v) is 10.5. The molecule has 13 nitrogen and oxygen atoms in total. The van der Waals surface area contributed by atoms with Crippen molar-refractivity contribution in [2.45, 2.75) is 150 Å². The van der Waals surface area contributed by atoms with Gasteiger partial charge in [0.1, 0.15) is 18.1 Å². The minimum Gasteiger partial charge on any atom is -0.351 e. The molecule has 6 amide bonds. The molecule has 0 spiro atoms. The highest BCUT2D eigenvalue weighted by Gasteiger charge is 2.70. The molecule has 0 aromatic heterocycles. The number of piperidine rings is 3. The van der Waals surface area contributed by atoms with Crippen LogP contribution in [-0.4, -0.2) is 93.6 Å². The molecule has 4 N–H and O–H groups in total. The maximum atomic E-state index is 13.2. The number of nitriles is 1. The van der Waals surface area contributed by atoms with Crippen molar-refractivity contribution in [2.24, 2.45) is 58.2 Å². The number of likely N-dealkylation sites (tertiary alicyclic amines) is 2. The van der Waals surface area contributed by atoms with Crippen molar-refractivity contribution < 1.29 is 34.5 Å². The maximum Gasteiger partial charge on any atom is 0.244 e. The maximum absolute atomic E-state index is 13.2. The van der Waals surface area contributed by atoms with E-state index in [0.717, 1.165) is 12.8 Å². The summed E-state index contributed by atoms with van der Waals surface area (Å²) < 4.78 is 0. The number of nitrogens with zero attached hydrogens (tertiary/aromatic N) is 3. The number of carbonyl (C=O) groups excluding carboxylic acids is 6. The van der Waals surface area contributed by atoms with E-state index in [1.54, 1.807) is 9.80 Å². The lowest BCUT2D eigenvalue weighted by atomic mass is 9.83. The fraction of sp³-hybridized carbons (Fsp3) is 0.795. The Morgan fingerprint density at radius 1 is 0.754 bits per heavy atom. The standard InChI is InChI=1S/C23H35N3O3.C21H32N4O3.4H2/c1-8-15(11-14-9-10-22(4,5)25-19(14)27)24-20(28)18-17-16(23(17,6)7)12-26(18)21(29)13(2)3;1-11(2)19(28)25-10-14-15(21(14,5)6)16(25)18(27)23-13(9-22)7-12-8-20(3,4)24-17(12)26;;;;/h1,13-18H,9-12H2,2-7H3,(H,24,28)(H,25,27);11-16H,7-8,10H2,1-6H3,(H,23,27)(H,24,26);4*1H. The molecule has 4 aliphatic heterocycles. The van der Waals surface area contributed by atoms with Gasteiger partial charge in [-0.1, -0.05) is 61.3 Å². The molecule has 6 aliphatic rings. The summed E-state index contributed by atoms with van der Waals surface area (Å²) in [6.45, 7) is 25.1. The van der Waals surface area contributed by atoms with Crippen LogP contribution < -0.4 is 21.3 Å². The van der Waals surface area contributed by atoms with Crippen LogP contribution in [0.3, 0.4) is 0 Å². The first kappa shape index (κ1) is 44.0. The number of carbonyl (C=O) groups is 6. The van der Waals surface area contributed by atoms with E-state index in [2.05, 4.69) is 61.0 Å². The largest absolute Gasteiger partial charge is 0.351 e. The first-order valence-electron chi connectivity index (χ1n) is 21.0. The average molecular weight is 798 g/mol. The van der Waals surface area contributed by atoms with E-state index >= 15 is 0 Å². The summed E-state index contributed by atoms with van der Waals surface area (Å²) in [5.74, 6) is 2.28. The predicted octanol–water partition coefficient (Wildman–Crippen LogP) is 4.36. The zero-order chi connectivity index (χ0) is 42.7. The molecular weight excluding hydrogens is 723 g/mol. The first-order valence-corrected chi connectivity index (χ1v) is 21.0. The molecule has 13 heteroatoms. The quantitative estimate of drug-likeness (QED) is 0.237. The van der Waals surface area contributed by atoms with Crippen LogP contribution in [-0.2, 0) is 28.8 Å². The predicted molar refractivity (Wildman–Crippen MR) is 223 cm³/mol. The second-order valence-corrected chi connectivity index (χ2v) is 20.9. The van der Waals surface area contributed by atoms with Crippen molar-refractivity contribution >= 4 is 35.4 Å². The lowest BCUT2D eigenvalue weighted by Gasteiger charge is -2.36. The molecule has 0 aromatic carbocycles. The van der Waals surface area contributed by atoms with Crippen molar-refractivity contribution in [3.05, 3.63) is 0 Å². The van der Waals surface area contributed by atoms with Gasteiger partial charge in [-0.15, -0.1) is 6.42 Å². The van der Waals surface area contributed by atoms with Crippen LogP contribution in [0, 0.1) is 81.8 Å². The summed E-state index contributed by atoms with van der Waals surface area (Å²) in [6, 6.07) is -0.128. The highest BCUT2D eigenvalue weighted by molar-refractivity contribution is 5.92. The monoisotopic (exact) mass is 798 g/mol. The number of nitrogens with one attached hydrogen (secondary N) is 4. The number of rotatable bonds is 10. The van der Waals surface area contributed by atoms with E-state index in [1.165, 1.54) is 0 Å². The molecule has 4 saturated heterocycles. The SMILES string of the molecule is C#CC(CC1CCC(C)(C)NC1=O)NC(=O)C1C2C(CN1C(=O)C(C)C)C2(C)C.CC(C)C(=O)N1CC2C(C1C(=O)NC(C#N)CC1CC(C)(C)NC1=O)C2(C)C.[HH].[HH].[HH].[HH]. The molecule has 0 bridgehead atoms. The molecule has 6 rings (SSSR count). The molecule has 10 atom stereocenters. The molecule has 6 fully saturated rings. The smallest absolute Gasteiger partial charge is 0.244 e. The number of fused-ring (bicyclic) bond motifs is 2. The third-order valence-corrected chi connectivity index (χ3v) is 14.1. The minimum absolute atomic E-state index is 0. The van der Waals surface area contributed by atoms with Gasteiger partial charge in [-0.05, 0) is 94.3 Å². The van der Waals surface area contributed by atoms with E-state index in [4.69, 9.17) is 6.42 Å². The topological polar surface area (TPSA) is 181 Å². The van der Waals surface area contributed by atoms with E-state index in [0.29, 0.717) is 44.2 Å². The summed E-state index contributed by atoms with van der Waals surface area (Å²) in [5, 5.41) is 21.3. The van der Waals surface area contributed by atoms with Crippen molar-refractivity contribution in [1.29, 1.82) is 5.26 Å². The van der Waals surface area contributed by atoms with Crippen LogP contribution in [0.15, 0.2) is 0 Å². The fourth-order valence-electron chi connectivity index (χ4n) is 10.5. The van der Waals surface area contributed by atoms with Gasteiger partial charge in [0.05, 0.1) is 12.1 Å². The molecular formula is C44H75N7O6. The Balaban J connectivity index is 0.000000573. The lowest BCUT2D eigenvalue weighted by molar-refractivity contribution is -0.143. The van der Waals surface area contributed by atoms with Crippen molar-refractivity contribution in [3.63, 3.8) is 0 Å². The summed E-state index contributed by atoms with van der Waals surface area (Å²) in [4.78, 5) is 79.6. The number of hydrogen-bond donors (Lipinski definition) is 4. The first-order chi connectivity index (χ1) is 26.3. The van der Waals surface area contributed by atoms with E-state index < -0.39 is 24.2 Å². The van der Waals surface area contributed by atoms with Crippen LogP contribution in [0.5, 0.6) is 0 Å². The highest BCUT2D eigenvalue weighted by atomic mass is 16.2. The zero-order valence-corrected chi connectivity index (χ0v) is 36.2. The Morgan fingerprint density at radius 2 is 1.18 bits per heavy atom. The molecule has 0 radical (unpaired) electrons. The molecule has 322 valence electrons. The van der Waals surface area contributed by atoms with Gasteiger partial charge in [-0.2, -0.15) is 5.26 Å². The number of hydrogen-bond acceptors (Lipinski definition) is 7. The van der Waals surface area contributed by atoms with Gasteiger partial charge in [0.2, 0.25) is 35.4 Å². The molecule has 2 saturated carbocycles. The number of terminal acetylenes is 1. The second-order valence-electron chi connectivity index (χ2n) is 20.9. The molecule has 4 heterocycles. The van der Waals surface area contributed by atoms with E-state index in [-0.39, 0.29) is 98.6 Å². The van der Waals surface area contributed by atoms with E-state index in [1.807, 2.05) is 55.4 Å². The summed E-state index contributed by atoms with van der Waals surface area (Å²) in [6.07, 6.45) is 8.69. The van der Waals surface area contributed by atoms with Crippen LogP contribution in [0.4, 0.5) is 0 Å². The Hall–Kier alpha value is -4.13. The van der Waals surface area contributed by atoms with Crippen molar-refractivity contribution in [2.75, 3.05) is 13.1 Å². The summed E-state index contributed by atoms with van der Waals surface area (Å²) >= 11 is 0. The lowest BCUT2D eigenvalue weighted by Crippen LogP contribution is -2.54. The second kappa shape index (κ2) is 15.6. The average Bonchev–Trinajstić information content (AvgIpc) is 3.52. The summed E-state index contributed by atoms with van der Waals surface area (Å²) in [5.41, 5.74) is -0.386. The third kappa shape index (κ3) is 8.83. The van der Waals surface area contributed by atoms with Gasteiger partial charge < -0.3 is 31.1 Å². The van der Waals surface area contributed by atoms with Gasteiger partial charge in [0, 0.05) is 53.5 Å². The molecule has 57 heavy (non-hydrogen) atoms. The molecule has 10 unspecified atom stereocenters. The van der Waals surface area contributed by atoms with Gasteiger partial charge in [0.25, 0.3) is 0 Å². The highest BCUT2D eigenvalue weighted by Crippen LogP contribution is 2.66. The van der Waals surface area contributed by atoms with Crippen LogP contribution in [0.25, 0.3) is 0 Å². The van der Waals surface area contributed by atoms with Gasteiger partial charge in [0.15, 0.2) is 0 Å². The van der Waals surface area contributed by atoms with Crippen LogP contribution in [0.2, 0.25) is 0 Å². The normalized spacial score (nSPS) is 32.9. The minimum atomic E-state index is -0.742. The Bertz CT molecular complexity index is 1760. The van der Waals surface area contributed by atoms with Gasteiger partial charge in [-0.25, -0.2) is 0 Å². The summed E-state index contributed by atoms with van der Waals surface area (Å²) in [7, 11) is 0. The zero-order valence-electron chi connectivity index (χ0n) is 36.2. The van der Waals surface area contributed by atoms with Crippen molar-refractivity contribution in [3.8, 4) is 18.4 Å². The van der Waals surface area contributed by atoms with Gasteiger partial charge >= 0.3 is 0 Å². The van der Waals surface area contributed by atoms with Crippen LogP contribution in [0.1, 0.15) is 121 Å². The van der Waals surface area contributed by atoms with E-state index in [9.17, 15) is 34.0 Å². The third-order valence-electron chi connectivity index (χ3n) is 14.1. The Labute approximate surface area is 345 Å². The Kier molecular flexibility index (Phi) is 12.0. The number of amides is 6.